The Bertz CT molecular complexity index is 798. The molecule has 0 spiro atoms. The molecule has 24 heavy (non-hydrogen) atoms. The highest BCUT2D eigenvalue weighted by Crippen LogP contribution is 2.15. The maximum absolute atomic E-state index is 12.2. The third-order valence-electron chi connectivity index (χ3n) is 3.59. The van der Waals surface area contributed by atoms with Crippen LogP contribution in [0.2, 0.25) is 0 Å². The number of ether oxygens (including phenoxy) is 1. The second kappa shape index (κ2) is 7.00. The summed E-state index contributed by atoms with van der Waals surface area (Å²) in [6.07, 6.45) is 1.79. The largest absolute Gasteiger partial charge is 0.484 e. The van der Waals surface area contributed by atoms with Crippen LogP contribution in [0.5, 0.6) is 5.75 Å². The van der Waals surface area contributed by atoms with Crippen molar-refractivity contribution < 1.29 is 22.4 Å². The second-order valence-corrected chi connectivity index (χ2v) is 7.28. The molecule has 0 saturated carbocycles. The number of hydrogen-bond acceptors (Lipinski definition) is 7. The van der Waals surface area contributed by atoms with Crippen LogP contribution < -0.4 is 4.74 Å². The summed E-state index contributed by atoms with van der Waals surface area (Å²) < 4.78 is 34.9. The van der Waals surface area contributed by atoms with Gasteiger partial charge in [-0.15, -0.1) is 5.10 Å². The van der Waals surface area contributed by atoms with Crippen LogP contribution >= 0.6 is 0 Å². The minimum atomic E-state index is -3.95. The molecule has 1 aromatic heterocycles. The highest BCUT2D eigenvalue weighted by atomic mass is 32.2. The Morgan fingerprint density at radius 1 is 1.17 bits per heavy atom. The number of nitrogens with zero attached hydrogens (tertiary/aromatic N) is 3. The maximum atomic E-state index is 12.2. The quantitative estimate of drug-likeness (QED) is 0.766. The Hall–Kier alpha value is -2.42. The Morgan fingerprint density at radius 3 is 2.58 bits per heavy atom. The lowest BCUT2D eigenvalue weighted by Crippen LogP contribution is -2.33. The molecule has 8 nitrogen and oxygen atoms in total. The van der Waals surface area contributed by atoms with E-state index in [9.17, 15) is 13.2 Å². The average Bonchev–Trinajstić information content (AvgIpc) is 3.25. The van der Waals surface area contributed by atoms with E-state index in [0.29, 0.717) is 18.8 Å². The van der Waals surface area contributed by atoms with Gasteiger partial charge in [-0.25, -0.2) is 8.42 Å². The summed E-state index contributed by atoms with van der Waals surface area (Å²) in [5.74, 6) is -0.461. The number of aromatic nitrogens is 2. The van der Waals surface area contributed by atoms with Crippen molar-refractivity contribution in [2.24, 2.45) is 0 Å². The van der Waals surface area contributed by atoms with E-state index in [1.54, 1.807) is 12.1 Å². The highest BCUT2D eigenvalue weighted by Gasteiger charge is 2.29. The lowest BCUT2D eigenvalue weighted by atomic mass is 10.3. The van der Waals surface area contributed by atoms with Crippen molar-refractivity contribution in [1.29, 1.82) is 0 Å². The highest BCUT2D eigenvalue weighted by molar-refractivity contribution is 7.91. The average molecular weight is 351 g/mol. The summed E-state index contributed by atoms with van der Waals surface area (Å²) in [4.78, 5) is 13.5. The first-order chi connectivity index (χ1) is 11.5. The summed E-state index contributed by atoms with van der Waals surface area (Å²) in [6.45, 7) is 1.13. The summed E-state index contributed by atoms with van der Waals surface area (Å²) in [7, 11) is -3.95. The molecule has 0 aliphatic carbocycles. The number of sulfone groups is 1. The zero-order valence-corrected chi connectivity index (χ0v) is 13.7. The zero-order chi connectivity index (χ0) is 17.0. The van der Waals surface area contributed by atoms with E-state index < -0.39 is 26.7 Å². The number of likely N-dealkylation sites (tertiary alicyclic amines) is 1. The van der Waals surface area contributed by atoms with Crippen LogP contribution in [0.3, 0.4) is 0 Å². The molecule has 0 bridgehead atoms. The molecule has 2 heterocycles. The number of carbonyl (C=O) groups excluding carboxylic acids is 1. The van der Waals surface area contributed by atoms with Gasteiger partial charge in [0.2, 0.25) is 15.7 Å². The third-order valence-corrected chi connectivity index (χ3v) is 4.92. The number of carbonyl (C=O) groups is 1. The van der Waals surface area contributed by atoms with Crippen molar-refractivity contribution in [2.45, 2.75) is 24.7 Å². The van der Waals surface area contributed by atoms with Crippen molar-refractivity contribution in [2.75, 3.05) is 18.8 Å². The van der Waals surface area contributed by atoms with Gasteiger partial charge < -0.3 is 14.1 Å². The third kappa shape index (κ3) is 3.91. The van der Waals surface area contributed by atoms with Gasteiger partial charge in [0.1, 0.15) is 11.5 Å². The zero-order valence-electron chi connectivity index (χ0n) is 12.9. The summed E-state index contributed by atoms with van der Waals surface area (Å²) in [6, 6.07) is 8.97. The lowest BCUT2D eigenvalue weighted by molar-refractivity contribution is -0.127. The first-order valence-corrected chi connectivity index (χ1v) is 9.20. The van der Waals surface area contributed by atoms with Crippen molar-refractivity contribution in [3.05, 3.63) is 36.2 Å². The Morgan fingerprint density at radius 2 is 1.88 bits per heavy atom. The van der Waals surface area contributed by atoms with Gasteiger partial charge >= 0.3 is 5.22 Å². The number of para-hydroxylation sites is 1. The van der Waals surface area contributed by atoms with Gasteiger partial charge in [-0.3, -0.25) is 4.79 Å². The van der Waals surface area contributed by atoms with Gasteiger partial charge in [-0.1, -0.05) is 23.3 Å². The fraction of sp³-hybridized carbons (Fsp3) is 0.400. The SMILES string of the molecule is O=C(CS(=O)(=O)c1nnc(COc2ccccc2)o1)N1CCCC1. The molecule has 3 rings (SSSR count). The predicted octanol–water partition coefficient (Wildman–Crippen LogP) is 1.04. The van der Waals surface area contributed by atoms with Crippen LogP contribution in [0, 0.1) is 0 Å². The van der Waals surface area contributed by atoms with Gasteiger partial charge in [0.25, 0.3) is 5.89 Å². The van der Waals surface area contributed by atoms with Crippen LogP contribution in [-0.4, -0.2) is 48.3 Å². The van der Waals surface area contributed by atoms with Crippen LogP contribution in [-0.2, 0) is 21.2 Å². The van der Waals surface area contributed by atoms with E-state index in [4.69, 9.17) is 9.15 Å². The van der Waals surface area contributed by atoms with Crippen molar-refractivity contribution >= 4 is 15.7 Å². The fourth-order valence-electron chi connectivity index (χ4n) is 2.37. The van der Waals surface area contributed by atoms with Gasteiger partial charge in [0, 0.05) is 13.1 Å². The molecule has 0 unspecified atom stereocenters. The van der Waals surface area contributed by atoms with Gasteiger partial charge in [0.15, 0.2) is 6.61 Å². The van der Waals surface area contributed by atoms with E-state index in [-0.39, 0.29) is 12.5 Å². The van der Waals surface area contributed by atoms with E-state index in [2.05, 4.69) is 10.2 Å². The first-order valence-electron chi connectivity index (χ1n) is 7.55. The number of rotatable bonds is 6. The van der Waals surface area contributed by atoms with Crippen LogP contribution in [0.15, 0.2) is 40.0 Å². The molecular weight excluding hydrogens is 334 g/mol. The molecule has 0 atom stereocenters. The molecule has 9 heteroatoms. The molecule has 1 aromatic carbocycles. The van der Waals surface area contributed by atoms with E-state index >= 15 is 0 Å². The number of benzene rings is 1. The number of amides is 1. The smallest absolute Gasteiger partial charge is 0.336 e. The second-order valence-electron chi connectivity index (χ2n) is 5.41. The predicted molar refractivity (Wildman–Crippen MR) is 82.9 cm³/mol. The van der Waals surface area contributed by atoms with Crippen LogP contribution in [0.4, 0.5) is 0 Å². The Balaban J connectivity index is 1.62. The van der Waals surface area contributed by atoms with Gasteiger partial charge in [-0.05, 0) is 25.0 Å². The summed E-state index contributed by atoms with van der Waals surface area (Å²) in [5, 5.41) is 6.63. The number of hydrogen-bond donors (Lipinski definition) is 0. The van der Waals surface area contributed by atoms with E-state index in [1.165, 1.54) is 4.90 Å². The van der Waals surface area contributed by atoms with E-state index in [1.807, 2.05) is 18.2 Å². The standard InChI is InChI=1S/C15H17N3O5S/c19-14(18-8-4-5-9-18)11-24(20,21)15-17-16-13(23-15)10-22-12-6-2-1-3-7-12/h1-3,6-7H,4-5,8-11H2. The summed E-state index contributed by atoms with van der Waals surface area (Å²) >= 11 is 0. The van der Waals surface area contributed by atoms with Gasteiger partial charge in [-0.2, -0.15) is 0 Å². The monoisotopic (exact) mass is 351 g/mol. The van der Waals surface area contributed by atoms with Crippen molar-refractivity contribution in [3.63, 3.8) is 0 Å². The lowest BCUT2D eigenvalue weighted by Gasteiger charge is -2.13. The molecule has 1 amide bonds. The molecule has 1 saturated heterocycles. The molecule has 2 aromatic rings. The molecule has 1 fully saturated rings. The molecular formula is C15H17N3O5S. The van der Waals surface area contributed by atoms with Crippen LogP contribution in [0.25, 0.3) is 0 Å². The summed E-state index contributed by atoms with van der Waals surface area (Å²) in [5.41, 5.74) is 0. The fourth-order valence-corrected chi connectivity index (χ4v) is 3.39. The van der Waals surface area contributed by atoms with E-state index in [0.717, 1.165) is 12.8 Å². The minimum absolute atomic E-state index is 0.0334. The molecule has 128 valence electrons. The maximum Gasteiger partial charge on any atom is 0.336 e. The van der Waals surface area contributed by atoms with Crippen LogP contribution in [0.1, 0.15) is 18.7 Å². The Labute approximate surface area is 139 Å². The molecule has 0 N–H and O–H groups in total. The molecule has 1 aliphatic heterocycles. The molecule has 1 aliphatic rings. The topological polar surface area (TPSA) is 103 Å². The Kier molecular flexibility index (Phi) is 4.79. The normalized spacial score (nSPS) is 14.8. The molecule has 0 radical (unpaired) electrons. The van der Waals surface area contributed by atoms with Gasteiger partial charge in [0.05, 0.1) is 0 Å². The first kappa shape index (κ1) is 16.4. The van der Waals surface area contributed by atoms with Crippen molar-refractivity contribution in [3.8, 4) is 5.75 Å². The van der Waals surface area contributed by atoms with Crippen molar-refractivity contribution in [1.82, 2.24) is 15.1 Å². The minimum Gasteiger partial charge on any atom is -0.484 e.